The average molecular weight is 396 g/mol. The van der Waals surface area contributed by atoms with E-state index < -0.39 is 11.1 Å². The van der Waals surface area contributed by atoms with Crippen molar-refractivity contribution in [1.29, 1.82) is 0 Å². The molecule has 2 aliphatic heterocycles. The Morgan fingerprint density at radius 3 is 2.18 bits per heavy atom. The summed E-state index contributed by atoms with van der Waals surface area (Å²) in [6.07, 6.45) is 2.22. The molecule has 2 heterocycles. The molecule has 0 aromatic carbocycles. The summed E-state index contributed by atoms with van der Waals surface area (Å²) >= 11 is 0. The van der Waals surface area contributed by atoms with Crippen LogP contribution in [0.1, 0.15) is 74.7 Å². The Hall–Kier alpha value is -1.12. The van der Waals surface area contributed by atoms with Crippen LogP contribution in [0.3, 0.4) is 0 Å². The van der Waals surface area contributed by atoms with E-state index in [9.17, 15) is 9.59 Å². The summed E-state index contributed by atoms with van der Waals surface area (Å²) in [7, 11) is -0.273. The Bertz CT molecular complexity index is 586. The molecule has 2 saturated heterocycles. The highest BCUT2D eigenvalue weighted by Gasteiger charge is 2.53. The van der Waals surface area contributed by atoms with Gasteiger partial charge in [-0.3, -0.25) is 9.59 Å². The molecule has 2 aliphatic rings. The number of ether oxygens (including phenoxy) is 1. The van der Waals surface area contributed by atoms with Crippen LogP contribution in [0.5, 0.6) is 0 Å². The minimum absolute atomic E-state index is 0.187. The minimum atomic E-state index is -1.03. The van der Waals surface area contributed by atoms with Gasteiger partial charge in [0.05, 0.1) is 17.3 Å². The van der Waals surface area contributed by atoms with Crippen LogP contribution in [0.15, 0.2) is 0 Å². The number of carbonyl (C=O) groups is 2. The van der Waals surface area contributed by atoms with Crippen LogP contribution in [0.4, 0.5) is 0 Å². The number of amides is 2. The molecule has 0 spiro atoms. The van der Waals surface area contributed by atoms with E-state index in [1.807, 2.05) is 48.5 Å². The zero-order valence-electron chi connectivity index (χ0n) is 18.7. The van der Waals surface area contributed by atoms with Gasteiger partial charge in [-0.1, -0.05) is 6.42 Å². The maximum absolute atomic E-state index is 13.1. The predicted octanol–water partition coefficient (Wildman–Crippen LogP) is 2.44. The van der Waals surface area contributed by atoms with Crippen LogP contribution in [0.2, 0.25) is 6.32 Å². The van der Waals surface area contributed by atoms with Crippen LogP contribution >= 0.6 is 0 Å². The molecule has 2 N–H and O–H groups in total. The lowest BCUT2D eigenvalue weighted by Gasteiger charge is -2.36. The van der Waals surface area contributed by atoms with Crippen LogP contribution in [0, 0.1) is 0 Å². The first-order chi connectivity index (χ1) is 12.7. The van der Waals surface area contributed by atoms with E-state index in [2.05, 4.69) is 10.6 Å². The van der Waals surface area contributed by atoms with Gasteiger partial charge in [-0.15, -0.1) is 0 Å². The van der Waals surface area contributed by atoms with E-state index in [1.54, 1.807) is 0 Å². The molecule has 0 bridgehead atoms. The monoisotopic (exact) mass is 396 g/mol. The van der Waals surface area contributed by atoms with Crippen molar-refractivity contribution in [1.82, 2.24) is 10.6 Å². The lowest BCUT2D eigenvalue weighted by Crippen LogP contribution is -2.65. The molecule has 160 valence electrons. The van der Waals surface area contributed by atoms with Crippen LogP contribution in [-0.4, -0.2) is 53.9 Å². The molecule has 2 fully saturated rings. The molecule has 2 amide bonds. The summed E-state index contributed by atoms with van der Waals surface area (Å²) in [5.74, 6) is -0.418. The highest BCUT2D eigenvalue weighted by atomic mass is 16.7. The van der Waals surface area contributed by atoms with Crippen molar-refractivity contribution in [3.8, 4) is 0 Å². The lowest BCUT2D eigenvalue weighted by atomic mass is 9.79. The van der Waals surface area contributed by atoms with Crippen molar-refractivity contribution in [2.45, 2.75) is 109 Å². The fraction of sp³-hybridized carbons (Fsp3) is 0.900. The van der Waals surface area contributed by atoms with E-state index in [1.165, 1.54) is 6.92 Å². The highest BCUT2D eigenvalue weighted by molar-refractivity contribution is 6.45. The first kappa shape index (κ1) is 23.2. The standard InChI is InChI=1S/C20H37BN2O5/c1-14(24)22-20(16(25)23-17(2,3)4)11-13-26-15(20)10-9-12-21-27-18(5,6)19(7,8)28-21/h15H,9-13H2,1-8H3,(H,22,24)(H,23,25). The average Bonchev–Trinajstić information content (AvgIpc) is 2.96. The smallest absolute Gasteiger partial charge is 0.403 e. The molecule has 8 heteroatoms. The quantitative estimate of drug-likeness (QED) is 0.674. The summed E-state index contributed by atoms with van der Waals surface area (Å²) in [6.45, 7) is 15.8. The normalized spacial score (nSPS) is 29.0. The SMILES string of the molecule is CC(=O)NC1(C(=O)NC(C)(C)C)CCOC1CCCB1OC(C)(C)C(C)(C)O1. The summed E-state index contributed by atoms with van der Waals surface area (Å²) in [5, 5.41) is 5.90. The number of rotatable bonds is 6. The topological polar surface area (TPSA) is 85.9 Å². The Morgan fingerprint density at radius 1 is 1.11 bits per heavy atom. The second-order valence-corrected chi connectivity index (χ2v) is 10.1. The van der Waals surface area contributed by atoms with Gasteiger partial charge in [-0.2, -0.15) is 0 Å². The molecule has 0 aromatic heterocycles. The maximum Gasteiger partial charge on any atom is 0.457 e. The summed E-state index contributed by atoms with van der Waals surface area (Å²) < 4.78 is 18.0. The van der Waals surface area contributed by atoms with Crippen molar-refractivity contribution >= 4 is 18.9 Å². The molecule has 0 radical (unpaired) electrons. The fourth-order valence-electron chi connectivity index (χ4n) is 3.77. The van der Waals surface area contributed by atoms with Gasteiger partial charge in [0.2, 0.25) is 11.8 Å². The minimum Gasteiger partial charge on any atom is -0.403 e. The van der Waals surface area contributed by atoms with Gasteiger partial charge >= 0.3 is 7.12 Å². The Labute approximate surface area is 169 Å². The summed E-state index contributed by atoms with van der Waals surface area (Å²) in [4.78, 5) is 24.9. The van der Waals surface area contributed by atoms with Gasteiger partial charge in [0.15, 0.2) is 0 Å². The fourth-order valence-corrected chi connectivity index (χ4v) is 3.77. The third-order valence-corrected chi connectivity index (χ3v) is 5.87. The van der Waals surface area contributed by atoms with Gasteiger partial charge in [0.1, 0.15) is 5.54 Å². The van der Waals surface area contributed by atoms with E-state index in [-0.39, 0.29) is 36.2 Å². The summed E-state index contributed by atoms with van der Waals surface area (Å²) in [5.41, 5.74) is -2.13. The van der Waals surface area contributed by atoms with Crippen molar-refractivity contribution in [3.05, 3.63) is 0 Å². The molecular formula is C20H37BN2O5. The molecule has 2 unspecified atom stereocenters. The second-order valence-electron chi connectivity index (χ2n) is 10.1. The summed E-state index contributed by atoms with van der Waals surface area (Å²) in [6, 6.07) is 0. The van der Waals surface area contributed by atoms with Crippen molar-refractivity contribution in [3.63, 3.8) is 0 Å². The molecule has 0 saturated carbocycles. The molecule has 0 aromatic rings. The molecular weight excluding hydrogens is 359 g/mol. The van der Waals surface area contributed by atoms with Crippen molar-refractivity contribution in [2.75, 3.05) is 6.61 Å². The van der Waals surface area contributed by atoms with Crippen molar-refractivity contribution in [2.24, 2.45) is 0 Å². The van der Waals surface area contributed by atoms with E-state index in [4.69, 9.17) is 14.0 Å². The zero-order chi connectivity index (χ0) is 21.4. The second kappa shape index (κ2) is 7.96. The first-order valence-electron chi connectivity index (χ1n) is 10.3. The first-order valence-corrected chi connectivity index (χ1v) is 10.3. The van der Waals surface area contributed by atoms with Gasteiger partial charge < -0.3 is 24.7 Å². The van der Waals surface area contributed by atoms with Gasteiger partial charge in [-0.05, 0) is 61.2 Å². The number of hydrogen-bond donors (Lipinski definition) is 2. The van der Waals surface area contributed by atoms with E-state index >= 15 is 0 Å². The molecule has 0 aliphatic carbocycles. The van der Waals surface area contributed by atoms with Crippen LogP contribution in [-0.2, 0) is 23.6 Å². The third-order valence-electron chi connectivity index (χ3n) is 5.87. The maximum atomic E-state index is 13.1. The molecule has 2 rings (SSSR count). The zero-order valence-corrected chi connectivity index (χ0v) is 18.7. The number of nitrogens with one attached hydrogen (secondary N) is 2. The number of carbonyl (C=O) groups excluding carboxylic acids is 2. The van der Waals surface area contributed by atoms with Gasteiger partial charge in [-0.25, -0.2) is 0 Å². The Kier molecular flexibility index (Phi) is 6.58. The lowest BCUT2D eigenvalue weighted by molar-refractivity contribution is -0.136. The predicted molar refractivity (Wildman–Crippen MR) is 109 cm³/mol. The van der Waals surface area contributed by atoms with Crippen molar-refractivity contribution < 1.29 is 23.6 Å². The number of hydrogen-bond acceptors (Lipinski definition) is 5. The van der Waals surface area contributed by atoms with Gasteiger partial charge in [0, 0.05) is 25.5 Å². The molecule has 7 nitrogen and oxygen atoms in total. The van der Waals surface area contributed by atoms with Crippen LogP contribution in [0.25, 0.3) is 0 Å². The van der Waals surface area contributed by atoms with E-state index in [0.29, 0.717) is 25.8 Å². The Balaban J connectivity index is 2.02. The third kappa shape index (κ3) is 5.08. The largest absolute Gasteiger partial charge is 0.457 e. The van der Waals surface area contributed by atoms with E-state index in [0.717, 1.165) is 6.42 Å². The van der Waals surface area contributed by atoms with Crippen LogP contribution < -0.4 is 10.6 Å². The highest BCUT2D eigenvalue weighted by Crippen LogP contribution is 2.38. The molecule has 28 heavy (non-hydrogen) atoms. The van der Waals surface area contributed by atoms with Gasteiger partial charge in [0.25, 0.3) is 0 Å². The molecule has 2 atom stereocenters. The Morgan fingerprint density at radius 2 is 1.68 bits per heavy atom.